The number of aromatic nitrogens is 2. The highest BCUT2D eigenvalue weighted by Gasteiger charge is 2.13. The Balaban J connectivity index is 2.14. The summed E-state index contributed by atoms with van der Waals surface area (Å²) in [6.45, 7) is 3.89. The molecule has 104 valence electrons. The van der Waals surface area contributed by atoms with Crippen LogP contribution in [0.25, 0.3) is 0 Å². The smallest absolute Gasteiger partial charge is 0.251 e. The Bertz CT molecular complexity index is 601. The summed E-state index contributed by atoms with van der Waals surface area (Å²) in [5.41, 5.74) is 2.28. The molecule has 0 aliphatic rings. The molecule has 1 unspecified atom stereocenters. The highest BCUT2D eigenvalue weighted by molar-refractivity contribution is 6.29. The molecule has 0 saturated heterocycles. The SMILES string of the molecule is CCc1cc(C(=O)NC(C)c2cccnc2)cc(Cl)n1. The Morgan fingerprint density at radius 2 is 2.25 bits per heavy atom. The van der Waals surface area contributed by atoms with Crippen molar-refractivity contribution in [1.82, 2.24) is 15.3 Å². The number of rotatable bonds is 4. The van der Waals surface area contributed by atoms with Crippen LogP contribution in [0.3, 0.4) is 0 Å². The number of nitrogens with one attached hydrogen (secondary N) is 1. The topological polar surface area (TPSA) is 54.9 Å². The average molecular weight is 290 g/mol. The predicted molar refractivity (Wildman–Crippen MR) is 78.7 cm³/mol. The van der Waals surface area contributed by atoms with Gasteiger partial charge in [-0.3, -0.25) is 9.78 Å². The number of hydrogen-bond acceptors (Lipinski definition) is 3. The fourth-order valence-corrected chi connectivity index (χ4v) is 2.08. The van der Waals surface area contributed by atoms with Gasteiger partial charge in [0.2, 0.25) is 0 Å². The lowest BCUT2D eigenvalue weighted by Gasteiger charge is -2.14. The molecule has 2 aromatic rings. The zero-order valence-corrected chi connectivity index (χ0v) is 12.2. The fraction of sp³-hybridized carbons (Fsp3) is 0.267. The lowest BCUT2D eigenvalue weighted by atomic mass is 10.1. The standard InChI is InChI=1S/C15H16ClN3O/c1-3-13-7-12(8-14(16)19-13)15(20)18-10(2)11-5-4-6-17-9-11/h4-10H,3H2,1-2H3,(H,18,20). The second-order valence-electron chi connectivity index (χ2n) is 4.50. The van der Waals surface area contributed by atoms with Crippen molar-refractivity contribution >= 4 is 17.5 Å². The molecule has 0 aliphatic carbocycles. The van der Waals surface area contributed by atoms with Crippen molar-refractivity contribution in [2.75, 3.05) is 0 Å². The third-order valence-electron chi connectivity index (χ3n) is 3.00. The number of halogens is 1. The summed E-state index contributed by atoms with van der Waals surface area (Å²) >= 11 is 5.93. The summed E-state index contributed by atoms with van der Waals surface area (Å²) in [5.74, 6) is -0.166. The molecular weight excluding hydrogens is 274 g/mol. The first-order valence-corrected chi connectivity index (χ1v) is 6.85. The number of hydrogen-bond donors (Lipinski definition) is 1. The molecule has 2 heterocycles. The monoisotopic (exact) mass is 289 g/mol. The number of aryl methyl sites for hydroxylation is 1. The van der Waals surface area contributed by atoms with E-state index < -0.39 is 0 Å². The number of nitrogens with zero attached hydrogens (tertiary/aromatic N) is 2. The molecule has 0 aliphatic heterocycles. The molecule has 2 rings (SSSR count). The summed E-state index contributed by atoms with van der Waals surface area (Å²) in [6, 6.07) is 6.99. The van der Waals surface area contributed by atoms with Crippen LogP contribution in [-0.2, 0) is 6.42 Å². The Labute approximate surface area is 123 Å². The summed E-state index contributed by atoms with van der Waals surface area (Å²) in [7, 11) is 0. The van der Waals surface area contributed by atoms with Crippen molar-refractivity contribution in [3.8, 4) is 0 Å². The van der Waals surface area contributed by atoms with Crippen molar-refractivity contribution < 1.29 is 4.79 Å². The minimum absolute atomic E-state index is 0.117. The first kappa shape index (κ1) is 14.5. The van der Waals surface area contributed by atoms with E-state index in [0.29, 0.717) is 10.7 Å². The van der Waals surface area contributed by atoms with E-state index in [4.69, 9.17) is 11.6 Å². The Hall–Kier alpha value is -1.94. The van der Waals surface area contributed by atoms with Gasteiger partial charge in [0.1, 0.15) is 5.15 Å². The van der Waals surface area contributed by atoms with E-state index in [-0.39, 0.29) is 11.9 Å². The summed E-state index contributed by atoms with van der Waals surface area (Å²) in [4.78, 5) is 20.4. The van der Waals surface area contributed by atoms with E-state index >= 15 is 0 Å². The van der Waals surface area contributed by atoms with Crippen molar-refractivity contribution in [2.45, 2.75) is 26.3 Å². The summed E-state index contributed by atoms with van der Waals surface area (Å²) in [5, 5.41) is 3.26. The van der Waals surface area contributed by atoms with Gasteiger partial charge >= 0.3 is 0 Å². The molecule has 0 aromatic carbocycles. The van der Waals surface area contributed by atoms with Crippen molar-refractivity contribution in [3.63, 3.8) is 0 Å². The average Bonchev–Trinajstić information content (AvgIpc) is 2.47. The maximum atomic E-state index is 12.2. The van der Waals surface area contributed by atoms with Crippen molar-refractivity contribution in [2.24, 2.45) is 0 Å². The number of carbonyl (C=O) groups excluding carboxylic acids is 1. The van der Waals surface area contributed by atoms with E-state index in [2.05, 4.69) is 15.3 Å². The van der Waals surface area contributed by atoms with Crippen LogP contribution in [0.15, 0.2) is 36.7 Å². The highest BCUT2D eigenvalue weighted by Crippen LogP contribution is 2.14. The highest BCUT2D eigenvalue weighted by atomic mass is 35.5. The van der Waals surface area contributed by atoms with E-state index in [1.54, 1.807) is 24.5 Å². The van der Waals surface area contributed by atoms with Gasteiger partial charge in [0.25, 0.3) is 5.91 Å². The molecule has 0 bridgehead atoms. The third-order valence-corrected chi connectivity index (χ3v) is 3.20. The molecule has 0 spiro atoms. The zero-order chi connectivity index (χ0) is 14.5. The molecule has 5 heteroatoms. The van der Waals surface area contributed by atoms with Crippen LogP contribution in [0.2, 0.25) is 5.15 Å². The maximum Gasteiger partial charge on any atom is 0.251 e. The van der Waals surface area contributed by atoms with Crippen LogP contribution in [0, 0.1) is 0 Å². The van der Waals surface area contributed by atoms with Gasteiger partial charge in [0, 0.05) is 23.7 Å². The first-order valence-electron chi connectivity index (χ1n) is 6.47. The van der Waals surface area contributed by atoms with Gasteiger partial charge in [-0.05, 0) is 37.1 Å². The molecule has 4 nitrogen and oxygen atoms in total. The van der Waals surface area contributed by atoms with Gasteiger partial charge < -0.3 is 5.32 Å². The second kappa shape index (κ2) is 6.48. The number of amides is 1. The van der Waals surface area contributed by atoms with Crippen LogP contribution >= 0.6 is 11.6 Å². The van der Waals surface area contributed by atoms with Crippen molar-refractivity contribution in [1.29, 1.82) is 0 Å². The summed E-state index contributed by atoms with van der Waals surface area (Å²) < 4.78 is 0. The molecule has 1 atom stereocenters. The Morgan fingerprint density at radius 3 is 2.90 bits per heavy atom. The van der Waals surface area contributed by atoms with E-state index in [1.165, 1.54) is 0 Å². The summed E-state index contributed by atoms with van der Waals surface area (Å²) in [6.07, 6.45) is 4.18. The molecule has 0 fully saturated rings. The molecule has 0 radical (unpaired) electrons. The lowest BCUT2D eigenvalue weighted by molar-refractivity contribution is 0.0939. The molecular formula is C15H16ClN3O. The molecule has 2 aromatic heterocycles. The van der Waals surface area contributed by atoms with E-state index in [1.807, 2.05) is 26.0 Å². The third kappa shape index (κ3) is 3.54. The van der Waals surface area contributed by atoms with Gasteiger partial charge in [-0.1, -0.05) is 24.6 Å². The Kier molecular flexibility index (Phi) is 4.69. The second-order valence-corrected chi connectivity index (χ2v) is 4.89. The first-order chi connectivity index (χ1) is 9.60. The minimum Gasteiger partial charge on any atom is -0.345 e. The van der Waals surface area contributed by atoms with Gasteiger partial charge in [-0.15, -0.1) is 0 Å². The molecule has 1 amide bonds. The minimum atomic E-state index is -0.166. The number of pyridine rings is 2. The van der Waals surface area contributed by atoms with E-state index in [9.17, 15) is 4.79 Å². The quantitative estimate of drug-likeness (QED) is 0.880. The predicted octanol–water partition coefficient (Wildman–Crippen LogP) is 3.18. The van der Waals surface area contributed by atoms with Crippen LogP contribution < -0.4 is 5.32 Å². The fourth-order valence-electron chi connectivity index (χ4n) is 1.86. The van der Waals surface area contributed by atoms with Gasteiger partial charge in [0.15, 0.2) is 0 Å². The normalized spacial score (nSPS) is 11.9. The zero-order valence-electron chi connectivity index (χ0n) is 11.4. The molecule has 20 heavy (non-hydrogen) atoms. The van der Waals surface area contributed by atoms with Crippen LogP contribution in [0.1, 0.15) is 41.5 Å². The van der Waals surface area contributed by atoms with Gasteiger partial charge in [-0.2, -0.15) is 0 Å². The maximum absolute atomic E-state index is 12.2. The van der Waals surface area contributed by atoms with Gasteiger partial charge in [-0.25, -0.2) is 4.98 Å². The van der Waals surface area contributed by atoms with Gasteiger partial charge in [0.05, 0.1) is 6.04 Å². The number of carbonyl (C=O) groups is 1. The Morgan fingerprint density at radius 1 is 1.45 bits per heavy atom. The van der Waals surface area contributed by atoms with Crippen LogP contribution in [-0.4, -0.2) is 15.9 Å². The van der Waals surface area contributed by atoms with Crippen LogP contribution in [0.4, 0.5) is 0 Å². The van der Waals surface area contributed by atoms with E-state index in [0.717, 1.165) is 17.7 Å². The van der Waals surface area contributed by atoms with Crippen molar-refractivity contribution in [3.05, 3.63) is 58.6 Å². The largest absolute Gasteiger partial charge is 0.345 e. The molecule has 1 N–H and O–H groups in total. The molecule has 0 saturated carbocycles. The van der Waals surface area contributed by atoms with Crippen LogP contribution in [0.5, 0.6) is 0 Å². The lowest BCUT2D eigenvalue weighted by Crippen LogP contribution is -2.26.